The summed E-state index contributed by atoms with van der Waals surface area (Å²) >= 11 is 1.64. The topological polar surface area (TPSA) is 24.9 Å². The van der Waals surface area contributed by atoms with Gasteiger partial charge in [-0.3, -0.25) is 0 Å². The van der Waals surface area contributed by atoms with E-state index in [1.54, 1.807) is 11.3 Å². The Labute approximate surface area is 146 Å². The van der Waals surface area contributed by atoms with E-state index in [-0.39, 0.29) is 17.0 Å². The molecule has 114 valence electrons. The molecule has 0 aliphatic rings. The highest BCUT2D eigenvalue weighted by atomic mass is 79.9. The standard InChI is InChI=1S/C18H18N2S.BrH/c1-12-7-9-15(10-8-12)17-11-21-18(20-17)19-16-6-4-5-13(2)14(16)3;/h4-11H,1-3H3,(H,19,20);1H. The van der Waals surface area contributed by atoms with E-state index in [1.807, 2.05) is 0 Å². The van der Waals surface area contributed by atoms with Crippen LogP contribution >= 0.6 is 28.3 Å². The second-order valence-electron chi connectivity index (χ2n) is 5.28. The van der Waals surface area contributed by atoms with Crippen LogP contribution in [-0.2, 0) is 0 Å². The third-order valence-corrected chi connectivity index (χ3v) is 4.46. The molecule has 2 aromatic carbocycles. The lowest BCUT2D eigenvalue weighted by atomic mass is 10.1. The maximum atomic E-state index is 4.68. The summed E-state index contributed by atoms with van der Waals surface area (Å²) in [6.45, 7) is 6.35. The van der Waals surface area contributed by atoms with Gasteiger partial charge in [0.25, 0.3) is 0 Å². The normalized spacial score (nSPS) is 10.1. The zero-order valence-electron chi connectivity index (χ0n) is 12.9. The molecule has 1 N–H and O–H groups in total. The molecule has 4 heteroatoms. The lowest BCUT2D eigenvalue weighted by molar-refractivity contribution is 1.31. The van der Waals surface area contributed by atoms with Crippen molar-refractivity contribution in [1.82, 2.24) is 4.98 Å². The molecule has 0 amide bonds. The molecule has 0 radical (unpaired) electrons. The molecule has 1 aromatic heterocycles. The van der Waals surface area contributed by atoms with E-state index in [0.717, 1.165) is 22.1 Å². The highest BCUT2D eigenvalue weighted by molar-refractivity contribution is 8.93. The van der Waals surface area contributed by atoms with Crippen molar-refractivity contribution in [2.24, 2.45) is 0 Å². The van der Waals surface area contributed by atoms with Gasteiger partial charge in [0.2, 0.25) is 0 Å². The van der Waals surface area contributed by atoms with E-state index in [0.29, 0.717) is 0 Å². The van der Waals surface area contributed by atoms with Crippen molar-refractivity contribution in [3.05, 3.63) is 64.5 Å². The van der Waals surface area contributed by atoms with Crippen LogP contribution in [0.4, 0.5) is 10.8 Å². The van der Waals surface area contributed by atoms with Gasteiger partial charge >= 0.3 is 0 Å². The first kappa shape index (κ1) is 16.7. The summed E-state index contributed by atoms with van der Waals surface area (Å²) in [5.74, 6) is 0. The first-order chi connectivity index (χ1) is 10.1. The molecule has 0 saturated heterocycles. The minimum atomic E-state index is 0. The van der Waals surface area contributed by atoms with E-state index >= 15 is 0 Å². The Hall–Kier alpha value is -1.65. The highest BCUT2D eigenvalue weighted by Gasteiger charge is 2.06. The van der Waals surface area contributed by atoms with Crippen molar-refractivity contribution in [1.29, 1.82) is 0 Å². The molecule has 3 rings (SSSR count). The van der Waals surface area contributed by atoms with Crippen LogP contribution in [0.5, 0.6) is 0 Å². The second kappa shape index (κ2) is 7.07. The molecule has 0 spiro atoms. The predicted octanol–water partition coefficient (Wildman–Crippen LogP) is 6.06. The smallest absolute Gasteiger partial charge is 0.187 e. The quantitative estimate of drug-likeness (QED) is 0.602. The summed E-state index contributed by atoms with van der Waals surface area (Å²) in [7, 11) is 0. The summed E-state index contributed by atoms with van der Waals surface area (Å²) in [4.78, 5) is 4.68. The SMILES string of the molecule is Br.Cc1ccc(-c2csc(Nc3cccc(C)c3C)n2)cc1. The summed E-state index contributed by atoms with van der Waals surface area (Å²) in [6, 6.07) is 14.8. The van der Waals surface area contributed by atoms with Crippen LogP contribution in [0.15, 0.2) is 47.8 Å². The Bertz CT molecular complexity index is 763. The summed E-state index contributed by atoms with van der Waals surface area (Å²) in [6.07, 6.45) is 0. The number of nitrogens with zero attached hydrogens (tertiary/aromatic N) is 1. The molecule has 0 aliphatic heterocycles. The van der Waals surface area contributed by atoms with Crippen LogP contribution in [0.3, 0.4) is 0 Å². The molecule has 1 heterocycles. The number of nitrogens with one attached hydrogen (secondary N) is 1. The molecule has 2 nitrogen and oxygen atoms in total. The third kappa shape index (κ3) is 3.57. The number of thiazole rings is 1. The van der Waals surface area contributed by atoms with Crippen LogP contribution < -0.4 is 5.32 Å². The van der Waals surface area contributed by atoms with Gasteiger partial charge in [0.1, 0.15) is 0 Å². The Morgan fingerprint density at radius 3 is 2.41 bits per heavy atom. The van der Waals surface area contributed by atoms with Crippen molar-refractivity contribution in [3.63, 3.8) is 0 Å². The van der Waals surface area contributed by atoms with Gasteiger partial charge < -0.3 is 5.32 Å². The minimum Gasteiger partial charge on any atom is -0.331 e. The van der Waals surface area contributed by atoms with Gasteiger partial charge in [-0.1, -0.05) is 42.0 Å². The first-order valence-corrected chi connectivity index (χ1v) is 7.87. The lowest BCUT2D eigenvalue weighted by Crippen LogP contribution is -1.94. The summed E-state index contributed by atoms with van der Waals surface area (Å²) in [5.41, 5.74) is 7.13. The number of hydrogen-bond donors (Lipinski definition) is 1. The van der Waals surface area contributed by atoms with E-state index in [4.69, 9.17) is 0 Å². The van der Waals surface area contributed by atoms with E-state index in [2.05, 4.69) is 78.9 Å². The minimum absolute atomic E-state index is 0. The van der Waals surface area contributed by atoms with E-state index in [1.165, 1.54) is 16.7 Å². The Morgan fingerprint density at radius 2 is 1.68 bits per heavy atom. The fraction of sp³-hybridized carbons (Fsp3) is 0.167. The molecule has 0 aliphatic carbocycles. The van der Waals surface area contributed by atoms with Crippen molar-refractivity contribution < 1.29 is 0 Å². The van der Waals surface area contributed by atoms with Gasteiger partial charge in [-0.15, -0.1) is 28.3 Å². The van der Waals surface area contributed by atoms with Gasteiger partial charge in [-0.25, -0.2) is 4.98 Å². The number of aryl methyl sites for hydroxylation is 2. The molecule has 22 heavy (non-hydrogen) atoms. The molecule has 0 bridgehead atoms. The second-order valence-corrected chi connectivity index (χ2v) is 6.13. The zero-order valence-corrected chi connectivity index (χ0v) is 15.4. The average Bonchev–Trinajstić information content (AvgIpc) is 2.93. The Kier molecular flexibility index (Phi) is 5.37. The summed E-state index contributed by atoms with van der Waals surface area (Å²) in [5, 5.41) is 6.45. The van der Waals surface area contributed by atoms with Crippen molar-refractivity contribution in [2.45, 2.75) is 20.8 Å². The van der Waals surface area contributed by atoms with Gasteiger partial charge in [0.15, 0.2) is 5.13 Å². The van der Waals surface area contributed by atoms with Crippen LogP contribution in [0.25, 0.3) is 11.3 Å². The third-order valence-electron chi connectivity index (χ3n) is 3.70. The van der Waals surface area contributed by atoms with Crippen LogP contribution in [0, 0.1) is 20.8 Å². The van der Waals surface area contributed by atoms with Crippen LogP contribution in [0.2, 0.25) is 0 Å². The number of halogens is 1. The maximum Gasteiger partial charge on any atom is 0.187 e. The van der Waals surface area contributed by atoms with Gasteiger partial charge in [-0.05, 0) is 38.0 Å². The molecule has 3 aromatic rings. The molecule has 0 fully saturated rings. The highest BCUT2D eigenvalue weighted by Crippen LogP contribution is 2.29. The molecule has 0 saturated carbocycles. The Morgan fingerprint density at radius 1 is 0.955 bits per heavy atom. The zero-order chi connectivity index (χ0) is 14.8. The number of hydrogen-bond acceptors (Lipinski definition) is 3. The van der Waals surface area contributed by atoms with Crippen molar-refractivity contribution in [3.8, 4) is 11.3 Å². The van der Waals surface area contributed by atoms with Gasteiger partial charge in [0.05, 0.1) is 5.69 Å². The monoisotopic (exact) mass is 374 g/mol. The van der Waals surface area contributed by atoms with E-state index < -0.39 is 0 Å². The number of anilines is 2. The van der Waals surface area contributed by atoms with E-state index in [9.17, 15) is 0 Å². The fourth-order valence-electron chi connectivity index (χ4n) is 2.19. The molecule has 0 unspecified atom stereocenters. The Balaban J connectivity index is 0.00000176. The molecular formula is C18H19BrN2S. The average molecular weight is 375 g/mol. The number of benzene rings is 2. The predicted molar refractivity (Wildman–Crippen MR) is 102 cm³/mol. The van der Waals surface area contributed by atoms with Crippen LogP contribution in [-0.4, -0.2) is 4.98 Å². The van der Waals surface area contributed by atoms with Gasteiger partial charge in [-0.2, -0.15) is 0 Å². The number of rotatable bonds is 3. The van der Waals surface area contributed by atoms with Gasteiger partial charge in [0, 0.05) is 16.6 Å². The van der Waals surface area contributed by atoms with Crippen LogP contribution in [0.1, 0.15) is 16.7 Å². The molecule has 0 atom stereocenters. The summed E-state index contributed by atoms with van der Waals surface area (Å²) < 4.78 is 0. The van der Waals surface area contributed by atoms with Crippen molar-refractivity contribution >= 4 is 39.1 Å². The molecular weight excluding hydrogens is 356 g/mol. The lowest BCUT2D eigenvalue weighted by Gasteiger charge is -2.08. The largest absolute Gasteiger partial charge is 0.331 e. The maximum absolute atomic E-state index is 4.68. The first-order valence-electron chi connectivity index (χ1n) is 6.99. The van der Waals surface area contributed by atoms with Crippen molar-refractivity contribution in [2.75, 3.05) is 5.32 Å². The number of aromatic nitrogens is 1. The fourth-order valence-corrected chi connectivity index (χ4v) is 2.92.